The van der Waals surface area contributed by atoms with Gasteiger partial charge in [0.2, 0.25) is 6.79 Å². The van der Waals surface area contributed by atoms with Crippen LogP contribution in [0.5, 0.6) is 11.5 Å². The van der Waals surface area contributed by atoms with Crippen molar-refractivity contribution in [3.05, 3.63) is 27.8 Å². The second-order valence-corrected chi connectivity index (χ2v) is 6.44. The number of halogens is 2. The van der Waals surface area contributed by atoms with Crippen molar-refractivity contribution in [2.24, 2.45) is 5.92 Å². The zero-order valence-electron chi connectivity index (χ0n) is 13.8. The van der Waals surface area contributed by atoms with Crippen molar-refractivity contribution >= 4 is 30.5 Å². The lowest BCUT2D eigenvalue weighted by atomic mass is 9.76. The SMILES string of the molecule is Cl.Cl.O=[N+]([O-])c1cc2c(cc1[C@H](C1CCC1)N1CCNCC1)OCO2. The lowest BCUT2D eigenvalue weighted by molar-refractivity contribution is -0.386. The van der Waals surface area contributed by atoms with Gasteiger partial charge >= 0.3 is 0 Å². The molecule has 0 unspecified atom stereocenters. The van der Waals surface area contributed by atoms with Crippen molar-refractivity contribution in [2.75, 3.05) is 33.0 Å². The average molecular weight is 392 g/mol. The molecule has 140 valence electrons. The summed E-state index contributed by atoms with van der Waals surface area (Å²) in [6.07, 6.45) is 3.49. The molecule has 3 aliphatic rings. The van der Waals surface area contributed by atoms with Gasteiger partial charge in [-0.1, -0.05) is 6.42 Å². The maximum Gasteiger partial charge on any atom is 0.278 e. The van der Waals surface area contributed by atoms with Gasteiger partial charge in [-0.2, -0.15) is 0 Å². The summed E-state index contributed by atoms with van der Waals surface area (Å²) in [7, 11) is 0. The standard InChI is InChI=1S/C16H21N3O4.2ClH/c20-19(21)13-9-15-14(22-10-23-15)8-12(13)16(11-2-1-3-11)18-6-4-17-5-7-18;;/h8-9,11,16-17H,1-7,10H2;2*1H/t16-;;/m0../s1. The summed E-state index contributed by atoms with van der Waals surface area (Å²) in [5, 5.41) is 15.0. The topological polar surface area (TPSA) is 76.9 Å². The molecule has 0 bridgehead atoms. The second-order valence-electron chi connectivity index (χ2n) is 6.44. The number of piperazine rings is 1. The summed E-state index contributed by atoms with van der Waals surface area (Å²) >= 11 is 0. The molecule has 1 aliphatic carbocycles. The van der Waals surface area contributed by atoms with Crippen LogP contribution in [0.1, 0.15) is 30.9 Å². The highest BCUT2D eigenvalue weighted by atomic mass is 35.5. The van der Waals surface area contributed by atoms with Crippen LogP contribution in [-0.2, 0) is 0 Å². The highest BCUT2D eigenvalue weighted by molar-refractivity contribution is 5.85. The molecule has 0 amide bonds. The van der Waals surface area contributed by atoms with E-state index in [1.165, 1.54) is 12.5 Å². The first-order valence-electron chi connectivity index (χ1n) is 8.27. The van der Waals surface area contributed by atoms with Crippen molar-refractivity contribution in [3.8, 4) is 11.5 Å². The average Bonchev–Trinajstić information content (AvgIpc) is 2.97. The van der Waals surface area contributed by atoms with Gasteiger partial charge < -0.3 is 14.8 Å². The van der Waals surface area contributed by atoms with Gasteiger partial charge in [0.05, 0.1) is 16.6 Å². The van der Waals surface area contributed by atoms with Crippen molar-refractivity contribution in [2.45, 2.75) is 25.3 Å². The van der Waals surface area contributed by atoms with Crippen LogP contribution in [0.4, 0.5) is 5.69 Å². The Bertz CT molecular complexity index is 622. The summed E-state index contributed by atoms with van der Waals surface area (Å²) in [5.41, 5.74) is 0.940. The van der Waals surface area contributed by atoms with Crippen LogP contribution in [0, 0.1) is 16.0 Å². The van der Waals surface area contributed by atoms with E-state index in [0.29, 0.717) is 17.4 Å². The van der Waals surface area contributed by atoms with Crippen LogP contribution in [-0.4, -0.2) is 42.8 Å². The van der Waals surface area contributed by atoms with Gasteiger partial charge in [-0.25, -0.2) is 0 Å². The third kappa shape index (κ3) is 3.79. The van der Waals surface area contributed by atoms with Gasteiger partial charge in [-0.15, -0.1) is 24.8 Å². The molecule has 9 heteroatoms. The molecule has 1 atom stereocenters. The smallest absolute Gasteiger partial charge is 0.278 e. The third-order valence-corrected chi connectivity index (χ3v) is 5.18. The molecule has 7 nitrogen and oxygen atoms in total. The van der Waals surface area contributed by atoms with Crippen LogP contribution in [0.25, 0.3) is 0 Å². The normalized spacial score (nSPS) is 20.8. The first-order chi connectivity index (χ1) is 11.2. The lowest BCUT2D eigenvalue weighted by Gasteiger charge is -2.43. The van der Waals surface area contributed by atoms with Crippen molar-refractivity contribution in [1.82, 2.24) is 10.2 Å². The van der Waals surface area contributed by atoms with Crippen LogP contribution in [0.2, 0.25) is 0 Å². The number of fused-ring (bicyclic) bond motifs is 1. The first kappa shape index (κ1) is 20.0. The monoisotopic (exact) mass is 391 g/mol. The first-order valence-corrected chi connectivity index (χ1v) is 8.27. The summed E-state index contributed by atoms with van der Waals surface area (Å²) in [6.45, 7) is 3.85. The molecule has 2 heterocycles. The molecule has 0 spiro atoms. The number of benzene rings is 1. The largest absolute Gasteiger partial charge is 0.454 e. The Balaban J connectivity index is 0.00000113. The van der Waals surface area contributed by atoms with Crippen LogP contribution >= 0.6 is 24.8 Å². The van der Waals surface area contributed by atoms with Gasteiger partial charge in [0.15, 0.2) is 11.5 Å². The lowest BCUT2D eigenvalue weighted by Crippen LogP contribution is -2.48. The molecule has 4 rings (SSSR count). The van der Waals surface area contributed by atoms with E-state index >= 15 is 0 Å². The van der Waals surface area contributed by atoms with E-state index in [1.54, 1.807) is 0 Å². The minimum atomic E-state index is -0.287. The molecule has 0 aromatic heterocycles. The second kappa shape index (κ2) is 8.40. The predicted molar refractivity (Wildman–Crippen MR) is 98.2 cm³/mol. The Labute approximate surface area is 159 Å². The molecule has 1 aromatic rings. The van der Waals surface area contributed by atoms with Gasteiger partial charge in [0.1, 0.15) is 0 Å². The summed E-state index contributed by atoms with van der Waals surface area (Å²) in [5.74, 6) is 1.60. The van der Waals surface area contributed by atoms with Crippen LogP contribution in [0.3, 0.4) is 0 Å². The van der Waals surface area contributed by atoms with Gasteiger partial charge in [0.25, 0.3) is 5.69 Å². The Hall–Kier alpha value is -1.28. The molecule has 1 N–H and O–H groups in total. The van der Waals surface area contributed by atoms with E-state index in [-0.39, 0.29) is 48.3 Å². The fourth-order valence-electron chi connectivity index (χ4n) is 3.81. The van der Waals surface area contributed by atoms with Crippen LogP contribution < -0.4 is 14.8 Å². The Morgan fingerprint density at radius 3 is 2.36 bits per heavy atom. The molecule has 2 aliphatic heterocycles. The molecular weight excluding hydrogens is 369 g/mol. The van der Waals surface area contributed by atoms with E-state index in [0.717, 1.165) is 44.6 Å². The highest BCUT2D eigenvalue weighted by Gasteiger charge is 2.38. The Morgan fingerprint density at radius 2 is 1.80 bits per heavy atom. The number of nitro groups is 1. The Kier molecular flexibility index (Phi) is 6.73. The Morgan fingerprint density at radius 1 is 1.16 bits per heavy atom. The minimum absolute atomic E-state index is 0. The fraction of sp³-hybridized carbons (Fsp3) is 0.625. The third-order valence-electron chi connectivity index (χ3n) is 5.18. The number of ether oxygens (including phenoxy) is 2. The quantitative estimate of drug-likeness (QED) is 0.627. The molecule has 1 aromatic carbocycles. The molecule has 25 heavy (non-hydrogen) atoms. The van der Waals surface area contributed by atoms with Crippen molar-refractivity contribution in [1.29, 1.82) is 0 Å². The number of hydrogen-bond donors (Lipinski definition) is 1. The number of rotatable bonds is 4. The molecule has 0 radical (unpaired) electrons. The molecule has 1 saturated carbocycles. The van der Waals surface area contributed by atoms with Gasteiger partial charge in [-0.3, -0.25) is 15.0 Å². The highest BCUT2D eigenvalue weighted by Crippen LogP contribution is 2.47. The summed E-state index contributed by atoms with van der Waals surface area (Å²) < 4.78 is 10.8. The molecule has 2 fully saturated rings. The number of nitrogens with one attached hydrogen (secondary N) is 1. The van der Waals surface area contributed by atoms with Crippen LogP contribution in [0.15, 0.2) is 12.1 Å². The minimum Gasteiger partial charge on any atom is -0.454 e. The maximum absolute atomic E-state index is 11.6. The van der Waals surface area contributed by atoms with Crippen molar-refractivity contribution < 1.29 is 14.4 Å². The van der Waals surface area contributed by atoms with E-state index in [2.05, 4.69) is 10.2 Å². The molecule has 1 saturated heterocycles. The van der Waals surface area contributed by atoms with E-state index in [1.807, 2.05) is 6.07 Å². The zero-order chi connectivity index (χ0) is 15.8. The number of nitro benzene ring substituents is 1. The maximum atomic E-state index is 11.6. The summed E-state index contributed by atoms with van der Waals surface area (Å²) in [6, 6.07) is 3.47. The number of nitrogens with zero attached hydrogens (tertiary/aromatic N) is 2. The van der Waals surface area contributed by atoms with Crippen molar-refractivity contribution in [3.63, 3.8) is 0 Å². The fourth-order valence-corrected chi connectivity index (χ4v) is 3.81. The van der Waals surface area contributed by atoms with E-state index in [9.17, 15) is 10.1 Å². The van der Waals surface area contributed by atoms with Gasteiger partial charge in [-0.05, 0) is 24.8 Å². The number of hydrogen-bond acceptors (Lipinski definition) is 6. The summed E-state index contributed by atoms with van der Waals surface area (Å²) in [4.78, 5) is 13.7. The molecular formula is C16H23Cl2N3O4. The van der Waals surface area contributed by atoms with Gasteiger partial charge in [0, 0.05) is 32.2 Å². The van der Waals surface area contributed by atoms with E-state index in [4.69, 9.17) is 9.47 Å². The zero-order valence-corrected chi connectivity index (χ0v) is 15.4. The predicted octanol–water partition coefficient (Wildman–Crippen LogP) is 2.91. The van der Waals surface area contributed by atoms with E-state index < -0.39 is 0 Å².